The summed E-state index contributed by atoms with van der Waals surface area (Å²) in [4.78, 5) is 14.7. The minimum Gasteiger partial charge on any atom is -0.321 e. The molecule has 1 aromatic carbocycles. The maximum absolute atomic E-state index is 11.9. The second-order valence-corrected chi connectivity index (χ2v) is 6.69. The normalized spacial score (nSPS) is 11.1. The molecule has 0 aliphatic heterocycles. The monoisotopic (exact) mass is 302 g/mol. The van der Waals surface area contributed by atoms with Gasteiger partial charge < -0.3 is 4.98 Å². The lowest BCUT2D eigenvalue weighted by Gasteiger charge is -2.06. The number of hydrogen-bond acceptors (Lipinski definition) is 4. The van der Waals surface area contributed by atoms with Crippen LogP contribution >= 0.6 is 0 Å². The number of benzene rings is 1. The fourth-order valence-corrected chi connectivity index (χ4v) is 2.68. The summed E-state index contributed by atoms with van der Waals surface area (Å²) in [5.41, 5.74) is 1.62. The van der Waals surface area contributed by atoms with E-state index in [0.717, 1.165) is 6.26 Å². The molecule has 0 bridgehead atoms. The van der Waals surface area contributed by atoms with Crippen LogP contribution in [0.25, 0.3) is 11.3 Å². The van der Waals surface area contributed by atoms with Crippen LogP contribution in [0.4, 0.5) is 0 Å². The molecule has 0 saturated carbocycles. The molecule has 21 heavy (non-hydrogen) atoms. The van der Waals surface area contributed by atoms with Crippen LogP contribution in [0, 0.1) is 11.3 Å². The van der Waals surface area contributed by atoms with Crippen molar-refractivity contribution in [3.8, 4) is 17.3 Å². The van der Waals surface area contributed by atoms with Gasteiger partial charge in [0.1, 0.15) is 11.6 Å². The molecule has 0 atom stereocenters. The third kappa shape index (κ3) is 3.03. The van der Waals surface area contributed by atoms with Crippen molar-refractivity contribution >= 4 is 9.84 Å². The molecular weight excluding hydrogens is 288 g/mol. The first-order valence-electron chi connectivity index (χ1n) is 6.33. The number of aryl methyl sites for hydroxylation is 1. The molecule has 5 nitrogen and oxygen atoms in total. The minimum atomic E-state index is -3.25. The molecule has 0 saturated heterocycles. The number of rotatable bonds is 3. The minimum absolute atomic E-state index is 0.119. The van der Waals surface area contributed by atoms with Crippen molar-refractivity contribution in [2.45, 2.75) is 18.2 Å². The molecule has 1 heterocycles. The highest BCUT2D eigenvalue weighted by atomic mass is 32.2. The van der Waals surface area contributed by atoms with Crippen LogP contribution in [0.5, 0.6) is 0 Å². The molecular formula is C15H14N2O3S. The van der Waals surface area contributed by atoms with Crippen molar-refractivity contribution in [3.63, 3.8) is 0 Å². The van der Waals surface area contributed by atoms with Crippen LogP contribution in [0.1, 0.15) is 18.1 Å². The number of aromatic nitrogens is 1. The largest absolute Gasteiger partial charge is 0.321 e. The third-order valence-corrected chi connectivity index (χ3v) is 4.33. The molecule has 0 aliphatic carbocycles. The molecule has 0 unspecified atom stereocenters. The van der Waals surface area contributed by atoms with Crippen LogP contribution < -0.4 is 5.56 Å². The Kier molecular flexibility index (Phi) is 3.96. The maximum Gasteiger partial charge on any atom is 0.266 e. The predicted molar refractivity (Wildman–Crippen MR) is 79.7 cm³/mol. The van der Waals surface area contributed by atoms with Crippen molar-refractivity contribution in [2.24, 2.45) is 0 Å². The second kappa shape index (κ2) is 5.54. The maximum atomic E-state index is 11.9. The Morgan fingerprint density at radius 3 is 2.33 bits per heavy atom. The number of nitriles is 1. The van der Waals surface area contributed by atoms with Gasteiger partial charge in [0.2, 0.25) is 0 Å². The summed E-state index contributed by atoms with van der Waals surface area (Å²) in [6, 6.07) is 9.89. The fraction of sp³-hybridized carbons (Fsp3) is 0.200. The zero-order valence-corrected chi connectivity index (χ0v) is 12.5. The highest BCUT2D eigenvalue weighted by Crippen LogP contribution is 2.20. The Morgan fingerprint density at radius 1 is 1.24 bits per heavy atom. The Labute approximate surface area is 122 Å². The van der Waals surface area contributed by atoms with Crippen LogP contribution in [-0.4, -0.2) is 19.7 Å². The summed E-state index contributed by atoms with van der Waals surface area (Å²) in [5, 5.41) is 8.98. The van der Waals surface area contributed by atoms with Gasteiger partial charge in [-0.05, 0) is 35.7 Å². The van der Waals surface area contributed by atoms with E-state index in [2.05, 4.69) is 4.98 Å². The quantitative estimate of drug-likeness (QED) is 0.937. The van der Waals surface area contributed by atoms with E-state index in [1.807, 2.05) is 13.0 Å². The van der Waals surface area contributed by atoms with E-state index in [0.29, 0.717) is 23.2 Å². The standard InChI is InChI=1S/C15H14N2O3S/c1-3-10-8-14(17-15(18)13(10)9-16)11-4-6-12(7-5-11)21(2,19)20/h4-8H,3H2,1-2H3,(H,17,18). The van der Waals surface area contributed by atoms with E-state index in [1.165, 1.54) is 12.1 Å². The second-order valence-electron chi connectivity index (χ2n) is 4.67. The van der Waals surface area contributed by atoms with Crippen LogP contribution in [0.3, 0.4) is 0 Å². The first-order chi connectivity index (χ1) is 9.86. The van der Waals surface area contributed by atoms with E-state index in [-0.39, 0.29) is 10.5 Å². The van der Waals surface area contributed by atoms with Gasteiger partial charge in [0, 0.05) is 11.9 Å². The van der Waals surface area contributed by atoms with Gasteiger partial charge >= 0.3 is 0 Å². The summed E-state index contributed by atoms with van der Waals surface area (Å²) in [5.74, 6) is 0. The number of nitrogens with one attached hydrogen (secondary N) is 1. The van der Waals surface area contributed by atoms with E-state index in [1.54, 1.807) is 18.2 Å². The summed E-state index contributed by atoms with van der Waals surface area (Å²) < 4.78 is 22.8. The topological polar surface area (TPSA) is 90.8 Å². The SMILES string of the molecule is CCc1cc(-c2ccc(S(C)(=O)=O)cc2)[nH]c(=O)c1C#N. The van der Waals surface area contributed by atoms with Gasteiger partial charge in [-0.1, -0.05) is 19.1 Å². The molecule has 2 rings (SSSR count). The van der Waals surface area contributed by atoms with Crippen molar-refractivity contribution in [1.82, 2.24) is 4.98 Å². The van der Waals surface area contributed by atoms with Crippen LogP contribution in [0.2, 0.25) is 0 Å². The van der Waals surface area contributed by atoms with Crippen molar-refractivity contribution in [2.75, 3.05) is 6.26 Å². The van der Waals surface area contributed by atoms with Crippen molar-refractivity contribution < 1.29 is 8.42 Å². The summed E-state index contributed by atoms with van der Waals surface area (Å²) >= 11 is 0. The van der Waals surface area contributed by atoms with Gasteiger partial charge in [-0.15, -0.1) is 0 Å². The fourth-order valence-electron chi connectivity index (χ4n) is 2.05. The highest BCUT2D eigenvalue weighted by Gasteiger charge is 2.10. The van der Waals surface area contributed by atoms with Gasteiger partial charge in [0.25, 0.3) is 5.56 Å². The molecule has 2 aromatic rings. The van der Waals surface area contributed by atoms with Crippen molar-refractivity contribution in [3.05, 3.63) is 51.8 Å². The third-order valence-electron chi connectivity index (χ3n) is 3.20. The number of H-pyrrole nitrogens is 1. The van der Waals surface area contributed by atoms with E-state index in [4.69, 9.17) is 5.26 Å². The molecule has 108 valence electrons. The Hall–Kier alpha value is -2.39. The van der Waals surface area contributed by atoms with Gasteiger partial charge in [-0.25, -0.2) is 8.42 Å². The Balaban J connectivity index is 2.56. The predicted octanol–water partition coefficient (Wildman–Crippen LogP) is 1.88. The first kappa shape index (κ1) is 15.0. The van der Waals surface area contributed by atoms with Gasteiger partial charge in [-0.2, -0.15) is 5.26 Å². The lowest BCUT2D eigenvalue weighted by molar-refractivity contribution is 0.602. The van der Waals surface area contributed by atoms with Crippen molar-refractivity contribution in [1.29, 1.82) is 5.26 Å². The zero-order valence-electron chi connectivity index (χ0n) is 11.7. The zero-order chi connectivity index (χ0) is 15.6. The number of nitrogens with zero attached hydrogens (tertiary/aromatic N) is 1. The number of sulfone groups is 1. The molecule has 0 aliphatic rings. The summed E-state index contributed by atoms with van der Waals surface area (Å²) in [6.07, 6.45) is 1.71. The molecule has 0 fully saturated rings. The van der Waals surface area contributed by atoms with Crippen LogP contribution in [-0.2, 0) is 16.3 Å². The molecule has 1 aromatic heterocycles. The van der Waals surface area contributed by atoms with Crippen LogP contribution in [0.15, 0.2) is 40.0 Å². The van der Waals surface area contributed by atoms with Gasteiger partial charge in [0.15, 0.2) is 9.84 Å². The summed E-state index contributed by atoms with van der Waals surface area (Å²) in [6.45, 7) is 1.87. The smallest absolute Gasteiger partial charge is 0.266 e. The lowest BCUT2D eigenvalue weighted by atomic mass is 10.0. The first-order valence-corrected chi connectivity index (χ1v) is 8.22. The number of pyridine rings is 1. The number of aromatic amines is 1. The molecule has 0 spiro atoms. The Bertz CT molecular complexity index is 873. The average Bonchev–Trinajstić information content (AvgIpc) is 2.45. The molecule has 6 heteroatoms. The van der Waals surface area contributed by atoms with E-state index >= 15 is 0 Å². The molecule has 1 N–H and O–H groups in total. The highest BCUT2D eigenvalue weighted by molar-refractivity contribution is 7.90. The van der Waals surface area contributed by atoms with Gasteiger partial charge in [0.05, 0.1) is 4.90 Å². The summed E-state index contributed by atoms with van der Waals surface area (Å²) in [7, 11) is -3.25. The molecule has 0 amide bonds. The average molecular weight is 302 g/mol. The lowest BCUT2D eigenvalue weighted by Crippen LogP contribution is -2.14. The van der Waals surface area contributed by atoms with E-state index in [9.17, 15) is 13.2 Å². The number of hydrogen-bond donors (Lipinski definition) is 1. The Morgan fingerprint density at radius 2 is 1.86 bits per heavy atom. The van der Waals surface area contributed by atoms with Gasteiger partial charge in [-0.3, -0.25) is 4.79 Å². The van der Waals surface area contributed by atoms with E-state index < -0.39 is 15.4 Å². The molecule has 0 radical (unpaired) electrons.